The van der Waals surface area contributed by atoms with E-state index in [4.69, 9.17) is 14.2 Å². The van der Waals surface area contributed by atoms with Gasteiger partial charge in [-0.25, -0.2) is 0 Å². The van der Waals surface area contributed by atoms with E-state index in [1.54, 1.807) is 6.08 Å². The highest BCUT2D eigenvalue weighted by Gasteiger charge is 2.15. The molecule has 0 atom stereocenters. The van der Waals surface area contributed by atoms with Crippen molar-refractivity contribution in [3.63, 3.8) is 0 Å². The Morgan fingerprint density at radius 3 is 2.67 bits per heavy atom. The van der Waals surface area contributed by atoms with E-state index < -0.39 is 5.91 Å². The normalized spacial score (nSPS) is 12.2. The molecule has 4 rings (SSSR count). The monoisotopic (exact) mass is 616 g/mol. The molecule has 8 heteroatoms. The zero-order valence-electron chi connectivity index (χ0n) is 17.3. The van der Waals surface area contributed by atoms with Gasteiger partial charge in [-0.15, -0.1) is 0 Å². The van der Waals surface area contributed by atoms with Crippen molar-refractivity contribution in [3.05, 3.63) is 91.0 Å². The maximum absolute atomic E-state index is 12.5. The van der Waals surface area contributed by atoms with Gasteiger partial charge < -0.3 is 19.5 Å². The van der Waals surface area contributed by atoms with Gasteiger partial charge in [0, 0.05) is 6.54 Å². The zero-order valence-corrected chi connectivity index (χ0v) is 21.1. The predicted octanol–water partition coefficient (Wildman–Crippen LogP) is 5.58. The summed E-state index contributed by atoms with van der Waals surface area (Å²) in [4.78, 5) is 12.5. The summed E-state index contributed by atoms with van der Waals surface area (Å²) in [5, 5.41) is 12.3. The Morgan fingerprint density at radius 2 is 1.91 bits per heavy atom. The van der Waals surface area contributed by atoms with Crippen LogP contribution in [0, 0.1) is 14.9 Å². The second-order valence-corrected chi connectivity index (χ2v) is 9.14. The minimum Gasteiger partial charge on any atom is -0.487 e. The molecular weight excluding hydrogens is 599 g/mol. The predicted molar refractivity (Wildman–Crippen MR) is 136 cm³/mol. The van der Waals surface area contributed by atoms with Gasteiger partial charge in [-0.1, -0.05) is 36.4 Å². The fourth-order valence-corrected chi connectivity index (χ4v) is 4.94. The Hall–Kier alpha value is -3.03. The highest BCUT2D eigenvalue weighted by Crippen LogP contribution is 2.35. The second-order valence-electron chi connectivity index (χ2n) is 7.13. The highest BCUT2D eigenvalue weighted by molar-refractivity contribution is 14.1. The van der Waals surface area contributed by atoms with E-state index in [0.29, 0.717) is 30.2 Å². The van der Waals surface area contributed by atoms with Crippen LogP contribution in [0.3, 0.4) is 0 Å². The largest absolute Gasteiger partial charge is 0.487 e. The lowest BCUT2D eigenvalue weighted by atomic mass is 10.1. The highest BCUT2D eigenvalue weighted by atomic mass is 127. The second kappa shape index (κ2) is 10.7. The van der Waals surface area contributed by atoms with Crippen LogP contribution in [0.4, 0.5) is 0 Å². The number of rotatable bonds is 7. The van der Waals surface area contributed by atoms with E-state index in [9.17, 15) is 10.1 Å². The molecule has 0 unspecified atom stereocenters. The van der Waals surface area contributed by atoms with E-state index in [-0.39, 0.29) is 12.4 Å². The van der Waals surface area contributed by atoms with E-state index in [1.165, 1.54) is 0 Å². The molecule has 0 aromatic heterocycles. The average Bonchev–Trinajstić information content (AvgIpc) is 3.29. The maximum atomic E-state index is 12.5. The number of carbonyl (C=O) groups excluding carboxylic acids is 1. The van der Waals surface area contributed by atoms with Gasteiger partial charge in [0.2, 0.25) is 6.79 Å². The van der Waals surface area contributed by atoms with Crippen LogP contribution in [0.2, 0.25) is 0 Å². The number of fused-ring (bicyclic) bond motifs is 1. The molecule has 0 saturated carbocycles. The Morgan fingerprint density at radius 1 is 1.12 bits per heavy atom. The molecule has 0 aliphatic carbocycles. The topological polar surface area (TPSA) is 80.6 Å². The minimum absolute atomic E-state index is 0.0302. The van der Waals surface area contributed by atoms with Crippen molar-refractivity contribution in [1.82, 2.24) is 5.32 Å². The summed E-state index contributed by atoms with van der Waals surface area (Å²) in [5.41, 5.74) is 2.66. The minimum atomic E-state index is -0.421. The first-order chi connectivity index (χ1) is 16.0. The lowest BCUT2D eigenvalue weighted by Crippen LogP contribution is -2.23. The molecule has 6 nitrogen and oxygen atoms in total. The van der Waals surface area contributed by atoms with Gasteiger partial charge in [-0.2, -0.15) is 5.26 Å². The quantitative estimate of drug-likeness (QED) is 0.213. The van der Waals surface area contributed by atoms with E-state index >= 15 is 0 Å². The van der Waals surface area contributed by atoms with Crippen molar-refractivity contribution in [2.75, 3.05) is 6.79 Å². The third-order valence-corrected chi connectivity index (χ3v) is 6.20. The molecule has 1 aliphatic rings. The number of carbonyl (C=O) groups is 1. The molecule has 1 N–H and O–H groups in total. The average molecular weight is 617 g/mol. The van der Waals surface area contributed by atoms with Crippen molar-refractivity contribution < 1.29 is 19.0 Å². The van der Waals surface area contributed by atoms with Gasteiger partial charge in [0.1, 0.15) is 24.0 Å². The smallest absolute Gasteiger partial charge is 0.262 e. The van der Waals surface area contributed by atoms with Gasteiger partial charge in [-0.3, -0.25) is 4.79 Å². The van der Waals surface area contributed by atoms with E-state index in [1.807, 2.05) is 66.7 Å². The van der Waals surface area contributed by atoms with E-state index in [2.05, 4.69) is 43.8 Å². The molecule has 33 heavy (non-hydrogen) atoms. The van der Waals surface area contributed by atoms with Crippen LogP contribution >= 0.6 is 38.5 Å². The number of nitrogens with one attached hydrogen (secondary N) is 1. The van der Waals surface area contributed by atoms with Crippen molar-refractivity contribution in [1.29, 1.82) is 5.26 Å². The lowest BCUT2D eigenvalue weighted by molar-refractivity contribution is -0.117. The molecular formula is C25H18BrIN2O4. The van der Waals surface area contributed by atoms with Crippen LogP contribution in [-0.4, -0.2) is 12.7 Å². The number of nitrogens with zero attached hydrogens (tertiary/aromatic N) is 1. The summed E-state index contributed by atoms with van der Waals surface area (Å²) < 4.78 is 18.3. The summed E-state index contributed by atoms with van der Waals surface area (Å²) in [6.07, 6.45) is 1.56. The number of nitriles is 1. The molecule has 0 fully saturated rings. The summed E-state index contributed by atoms with van der Waals surface area (Å²) in [6, 6.07) is 20.9. The fourth-order valence-electron chi connectivity index (χ4n) is 3.18. The number of hydrogen-bond acceptors (Lipinski definition) is 5. The van der Waals surface area contributed by atoms with Gasteiger partial charge in [0.05, 0.1) is 8.04 Å². The van der Waals surface area contributed by atoms with Crippen molar-refractivity contribution in [2.45, 2.75) is 13.2 Å². The first-order valence-corrected chi connectivity index (χ1v) is 11.8. The number of hydrogen-bond donors (Lipinski definition) is 1. The molecule has 1 aliphatic heterocycles. The SMILES string of the molecule is N#C/C(=C/c1cc(Br)c(OCc2ccc3c(c2)OCO3)c(I)c1)C(=O)NCc1ccccc1. The van der Waals surface area contributed by atoms with Crippen LogP contribution < -0.4 is 19.5 Å². The van der Waals surface area contributed by atoms with Crippen LogP contribution in [0.1, 0.15) is 16.7 Å². The van der Waals surface area contributed by atoms with E-state index in [0.717, 1.165) is 24.9 Å². The molecule has 0 spiro atoms. The molecule has 0 saturated heterocycles. The summed E-state index contributed by atoms with van der Waals surface area (Å²) in [5.74, 6) is 1.69. The molecule has 1 heterocycles. The molecule has 0 bridgehead atoms. The Balaban J connectivity index is 1.44. The van der Waals surface area contributed by atoms with Crippen LogP contribution in [-0.2, 0) is 17.9 Å². The maximum Gasteiger partial charge on any atom is 0.262 e. The Bertz CT molecular complexity index is 1230. The van der Waals surface area contributed by atoms with Gasteiger partial charge >= 0.3 is 0 Å². The third-order valence-electron chi connectivity index (χ3n) is 4.81. The van der Waals surface area contributed by atoms with Crippen molar-refractivity contribution >= 4 is 50.5 Å². The number of amides is 1. The third kappa shape index (κ3) is 5.86. The van der Waals surface area contributed by atoms with Gasteiger partial charge in [0.25, 0.3) is 5.91 Å². The first-order valence-electron chi connectivity index (χ1n) is 9.98. The van der Waals surface area contributed by atoms with Crippen molar-refractivity contribution in [3.8, 4) is 23.3 Å². The van der Waals surface area contributed by atoms with Gasteiger partial charge in [-0.05, 0) is 85.6 Å². The number of halogens is 2. The fraction of sp³-hybridized carbons (Fsp3) is 0.120. The zero-order chi connectivity index (χ0) is 23.2. The van der Waals surface area contributed by atoms with Crippen molar-refractivity contribution in [2.24, 2.45) is 0 Å². The Labute approximate surface area is 213 Å². The molecule has 1 amide bonds. The first kappa shape index (κ1) is 23.1. The summed E-state index contributed by atoms with van der Waals surface area (Å²) in [6.45, 7) is 0.936. The van der Waals surface area contributed by atoms with Crippen LogP contribution in [0.15, 0.2) is 70.7 Å². The van der Waals surface area contributed by atoms with Crippen LogP contribution in [0.5, 0.6) is 17.2 Å². The van der Waals surface area contributed by atoms with Gasteiger partial charge in [0.15, 0.2) is 11.5 Å². The molecule has 166 valence electrons. The van der Waals surface area contributed by atoms with Crippen LogP contribution in [0.25, 0.3) is 6.08 Å². The molecule has 3 aromatic rings. The summed E-state index contributed by atoms with van der Waals surface area (Å²) in [7, 11) is 0. The lowest BCUT2D eigenvalue weighted by Gasteiger charge is -2.12. The number of ether oxygens (including phenoxy) is 3. The standard InChI is InChI=1S/C25H18BrIN2O4/c26-20-9-18(8-19(12-28)25(30)29-13-16-4-2-1-3-5-16)10-21(27)24(20)31-14-17-6-7-22-23(11-17)33-15-32-22/h1-11H,13-15H2,(H,29,30)/b19-8-. The summed E-state index contributed by atoms with van der Waals surface area (Å²) >= 11 is 5.72. The Kier molecular flexibility index (Phi) is 7.52. The number of benzene rings is 3. The molecule has 3 aromatic carbocycles. The molecule has 0 radical (unpaired) electrons.